The molecule has 0 saturated heterocycles. The van der Waals surface area contributed by atoms with E-state index in [1.54, 1.807) is 0 Å². The molecule has 0 aliphatic rings. The van der Waals surface area contributed by atoms with Crippen LogP contribution in [0.5, 0.6) is 0 Å². The second-order valence-electron chi connectivity index (χ2n) is 0.447. The summed E-state index contributed by atoms with van der Waals surface area (Å²) in [5.41, 5.74) is 0. The van der Waals surface area contributed by atoms with E-state index in [0.717, 1.165) is 0 Å². The highest BCUT2D eigenvalue weighted by Crippen LogP contribution is 1.44. The van der Waals surface area contributed by atoms with Crippen LogP contribution in [0.1, 0.15) is 0 Å². The van der Waals surface area contributed by atoms with Crippen LogP contribution in [0.3, 0.4) is 0 Å². The number of nitrogens with zero attached hydrogens (tertiary/aromatic N) is 2. The first kappa shape index (κ1) is 23.9. The van der Waals surface area contributed by atoms with E-state index >= 15 is 0 Å². The summed E-state index contributed by atoms with van der Waals surface area (Å²) >= 11 is 0. The van der Waals surface area contributed by atoms with E-state index in [9.17, 15) is 0 Å². The zero-order valence-electron chi connectivity index (χ0n) is 5.34. The highest BCUT2D eigenvalue weighted by atomic mass is 16.9. The average Bonchev–Trinajstić information content (AvgIpc) is 1.25. The molecular formula is H8N4O6. The molecule has 0 fully saturated rings. The Morgan fingerprint density at radius 3 is 0.700 bits per heavy atom. The van der Waals surface area contributed by atoms with Crippen molar-refractivity contribution in [3.8, 4) is 0 Å². The third-order valence-corrected chi connectivity index (χ3v) is 0. The Hall–Kier alpha value is -1.68. The van der Waals surface area contributed by atoms with Crippen LogP contribution in [0.4, 0.5) is 0 Å². The van der Waals surface area contributed by atoms with E-state index in [1.807, 2.05) is 0 Å². The van der Waals surface area contributed by atoms with Gasteiger partial charge in [0.05, 0.1) is 10.2 Å². The van der Waals surface area contributed by atoms with Crippen LogP contribution in [0, 0.1) is 30.6 Å². The number of rotatable bonds is 0. The first-order valence-electron chi connectivity index (χ1n) is 1.10. The van der Waals surface area contributed by atoms with Gasteiger partial charge >= 0.3 is 0 Å². The fourth-order valence-corrected chi connectivity index (χ4v) is 0. The van der Waals surface area contributed by atoms with E-state index in [1.165, 1.54) is 0 Å². The van der Waals surface area contributed by atoms with Gasteiger partial charge in [-0.25, -0.2) is 0 Å². The highest BCUT2D eigenvalue weighted by molar-refractivity contribution is 4.04. The summed E-state index contributed by atoms with van der Waals surface area (Å²) in [4.78, 5) is 16.5. The molecule has 0 spiro atoms. The van der Waals surface area contributed by atoms with Gasteiger partial charge in [-0.15, -0.1) is 0 Å². The van der Waals surface area contributed by atoms with E-state index in [4.69, 9.17) is 30.6 Å². The lowest BCUT2D eigenvalue weighted by atomic mass is 13.1. The fourth-order valence-electron chi connectivity index (χ4n) is 0. The molecule has 0 bridgehead atoms. The topological polar surface area (TPSA) is 205 Å². The summed E-state index contributed by atoms with van der Waals surface area (Å²) in [6.07, 6.45) is 0. The molecule has 8 N–H and O–H groups in total. The van der Waals surface area contributed by atoms with Gasteiger partial charge in [-0.1, -0.05) is 0 Å². The molecule has 0 aliphatic heterocycles. The molecule has 10 heavy (non-hydrogen) atoms. The molecule has 0 amide bonds. The lowest BCUT2D eigenvalue weighted by Gasteiger charge is -1.74. The molecule has 0 aromatic heterocycles. The van der Waals surface area contributed by atoms with Crippen LogP contribution < -0.4 is 12.3 Å². The zero-order chi connectivity index (χ0) is 7.15. The quantitative estimate of drug-likeness (QED) is 0.375. The molecular weight excluding hydrogens is 152 g/mol. The van der Waals surface area contributed by atoms with Crippen molar-refractivity contribution in [3.05, 3.63) is 30.6 Å². The highest BCUT2D eigenvalue weighted by Gasteiger charge is 1.46. The van der Waals surface area contributed by atoms with Gasteiger partial charge < -0.3 is 42.9 Å². The number of hydrogen-bond acceptors (Lipinski definition) is 6. The molecule has 0 rings (SSSR count). The van der Waals surface area contributed by atoms with Crippen LogP contribution >= 0.6 is 0 Å². The maximum atomic E-state index is 8.25. The summed E-state index contributed by atoms with van der Waals surface area (Å²) in [6.45, 7) is 0. The van der Waals surface area contributed by atoms with Gasteiger partial charge in [0.1, 0.15) is 0 Å². The lowest BCUT2D eigenvalue weighted by Crippen LogP contribution is -1.74. The second kappa shape index (κ2) is 15.7. The van der Waals surface area contributed by atoms with Crippen molar-refractivity contribution in [1.29, 1.82) is 0 Å². The van der Waals surface area contributed by atoms with Crippen molar-refractivity contribution >= 4 is 0 Å². The predicted molar refractivity (Wildman–Crippen MR) is 32.7 cm³/mol. The summed E-state index contributed by atoms with van der Waals surface area (Å²) in [6, 6.07) is 0. The average molecular weight is 160 g/mol. The number of quaternary nitrogens is 2. The largest absolute Gasteiger partial charge is 0.369 e. The number of hydrogen-bond donors (Lipinski definition) is 2. The summed E-state index contributed by atoms with van der Waals surface area (Å²) in [5.74, 6) is 0. The van der Waals surface area contributed by atoms with Crippen molar-refractivity contribution in [2.45, 2.75) is 0 Å². The standard InChI is InChI=1S/2NO3.2H3N/c2*2-1(3)4;;/h;;2*1H3/q2*-1;;/p+2. The third kappa shape index (κ3) is 63.4. The van der Waals surface area contributed by atoms with Crippen LogP contribution in [-0.4, -0.2) is 10.2 Å². The summed E-state index contributed by atoms with van der Waals surface area (Å²) in [5, 5.41) is 29.5. The molecule has 0 atom stereocenters. The van der Waals surface area contributed by atoms with E-state index < -0.39 is 10.2 Å². The molecule has 0 aromatic rings. The van der Waals surface area contributed by atoms with E-state index in [-0.39, 0.29) is 12.3 Å². The van der Waals surface area contributed by atoms with Crippen LogP contribution in [0.25, 0.3) is 0 Å². The van der Waals surface area contributed by atoms with E-state index in [2.05, 4.69) is 0 Å². The normalized spacial score (nSPS) is 4.80. The van der Waals surface area contributed by atoms with Gasteiger partial charge in [0.15, 0.2) is 0 Å². The Bertz CT molecular complexity index is 67.7. The van der Waals surface area contributed by atoms with Crippen molar-refractivity contribution in [3.63, 3.8) is 0 Å². The van der Waals surface area contributed by atoms with Crippen molar-refractivity contribution < 1.29 is 10.2 Å². The summed E-state index contributed by atoms with van der Waals surface area (Å²) in [7, 11) is 0. The first-order chi connectivity index (χ1) is 3.46. The molecule has 0 unspecified atom stereocenters. The molecule has 10 nitrogen and oxygen atoms in total. The van der Waals surface area contributed by atoms with Crippen LogP contribution in [0.2, 0.25) is 0 Å². The predicted octanol–water partition coefficient (Wildman–Crippen LogP) is 0.274. The van der Waals surface area contributed by atoms with Crippen molar-refractivity contribution in [2.75, 3.05) is 0 Å². The maximum absolute atomic E-state index is 8.25. The van der Waals surface area contributed by atoms with Gasteiger partial charge in [0.25, 0.3) is 0 Å². The Balaban J connectivity index is -0.0000000300. The molecule has 10 heteroatoms. The van der Waals surface area contributed by atoms with Gasteiger partial charge in [-0.2, -0.15) is 0 Å². The SMILES string of the molecule is O=[N+]([O-])[O-].O=[N+]([O-])[O-].[NH4+].[NH4+]. The molecule has 64 valence electrons. The fraction of sp³-hybridized carbons (Fsp3) is 0. The van der Waals surface area contributed by atoms with Gasteiger partial charge in [0.2, 0.25) is 0 Å². The molecule has 0 aromatic carbocycles. The Labute approximate surface area is 54.5 Å². The second-order valence-corrected chi connectivity index (χ2v) is 0.447. The minimum Gasteiger partial charge on any atom is -0.369 e. The Morgan fingerprint density at radius 2 is 0.700 bits per heavy atom. The lowest BCUT2D eigenvalue weighted by molar-refractivity contribution is -0.403. The minimum atomic E-state index is -1.75. The molecule has 0 radical (unpaired) electrons. The van der Waals surface area contributed by atoms with Crippen LogP contribution in [0.15, 0.2) is 0 Å². The Kier molecular flexibility index (Phi) is 37.4. The monoisotopic (exact) mass is 160 g/mol. The van der Waals surface area contributed by atoms with Crippen molar-refractivity contribution in [2.24, 2.45) is 0 Å². The van der Waals surface area contributed by atoms with E-state index in [0.29, 0.717) is 0 Å². The smallest absolute Gasteiger partial charge is 0.0689 e. The maximum Gasteiger partial charge on any atom is 0.0689 e. The third-order valence-electron chi connectivity index (χ3n) is 0. The first-order valence-corrected chi connectivity index (χ1v) is 1.10. The molecule has 0 saturated carbocycles. The zero-order valence-corrected chi connectivity index (χ0v) is 5.34. The van der Waals surface area contributed by atoms with Crippen LogP contribution in [-0.2, 0) is 0 Å². The van der Waals surface area contributed by atoms with Crippen molar-refractivity contribution in [1.82, 2.24) is 12.3 Å². The van der Waals surface area contributed by atoms with Gasteiger partial charge in [-0.3, -0.25) is 0 Å². The Morgan fingerprint density at radius 1 is 0.700 bits per heavy atom. The minimum absolute atomic E-state index is 0. The molecule has 0 aliphatic carbocycles. The van der Waals surface area contributed by atoms with Gasteiger partial charge in [-0.05, 0) is 0 Å². The summed E-state index contributed by atoms with van der Waals surface area (Å²) < 4.78 is 0. The molecule has 0 heterocycles. The van der Waals surface area contributed by atoms with Gasteiger partial charge in [0, 0.05) is 0 Å².